The first kappa shape index (κ1) is 18.5. The number of hydrogen-bond donors (Lipinski definition) is 0. The molecule has 2 rings (SSSR count). The molecule has 0 atom stereocenters. The molecule has 1 fully saturated rings. The molecule has 0 bridgehead atoms. The summed E-state index contributed by atoms with van der Waals surface area (Å²) in [5.41, 5.74) is 1.69. The smallest absolute Gasteiger partial charge is 0.253 e. The summed E-state index contributed by atoms with van der Waals surface area (Å²) >= 11 is 5.70. The van der Waals surface area contributed by atoms with Crippen molar-refractivity contribution in [1.82, 2.24) is 9.80 Å². The van der Waals surface area contributed by atoms with Gasteiger partial charge in [0.15, 0.2) is 0 Å². The van der Waals surface area contributed by atoms with E-state index in [1.54, 1.807) is 16.9 Å². The maximum Gasteiger partial charge on any atom is 0.253 e. The summed E-state index contributed by atoms with van der Waals surface area (Å²) < 4.78 is 5.07. The second-order valence-corrected chi connectivity index (χ2v) is 6.35. The van der Waals surface area contributed by atoms with Gasteiger partial charge in [0.2, 0.25) is 5.91 Å². The first-order chi connectivity index (χ1) is 11.5. The number of carbonyl (C=O) groups is 2. The molecule has 0 spiro atoms. The van der Waals surface area contributed by atoms with Crippen LogP contribution in [0, 0.1) is 0 Å². The number of methoxy groups -OCH3 is 1. The highest BCUT2D eigenvalue weighted by atomic mass is 35.5. The number of rotatable bonds is 6. The zero-order valence-electron chi connectivity index (χ0n) is 14.0. The molecular formula is C18H23ClN2O3. The predicted molar refractivity (Wildman–Crippen MR) is 93.9 cm³/mol. The van der Waals surface area contributed by atoms with E-state index in [2.05, 4.69) is 6.58 Å². The molecule has 6 heteroatoms. The van der Waals surface area contributed by atoms with Gasteiger partial charge in [-0.05, 0) is 24.1 Å². The molecule has 2 amide bonds. The highest BCUT2D eigenvalue weighted by Gasteiger charge is 2.24. The third kappa shape index (κ3) is 5.08. The summed E-state index contributed by atoms with van der Waals surface area (Å²) in [6, 6.07) is 7.44. The van der Waals surface area contributed by atoms with Crippen LogP contribution < -0.4 is 0 Å². The first-order valence-electron chi connectivity index (χ1n) is 7.99. The molecule has 0 N–H and O–H groups in total. The monoisotopic (exact) mass is 350 g/mol. The van der Waals surface area contributed by atoms with Crippen molar-refractivity contribution in [3.8, 4) is 0 Å². The fraction of sp³-hybridized carbons (Fsp3) is 0.444. The predicted octanol–water partition coefficient (Wildman–Crippen LogP) is 2.65. The van der Waals surface area contributed by atoms with Gasteiger partial charge in [-0.15, -0.1) is 0 Å². The van der Waals surface area contributed by atoms with E-state index in [1.807, 2.05) is 24.3 Å². The fourth-order valence-electron chi connectivity index (χ4n) is 2.65. The lowest BCUT2D eigenvalue weighted by Gasteiger charge is -2.35. The molecule has 0 saturated carbocycles. The number of hydrogen-bond acceptors (Lipinski definition) is 3. The average Bonchev–Trinajstić information content (AvgIpc) is 2.60. The SMILES string of the molecule is C=C(Cl)CCC(=O)N1CCN(C(=O)c2ccc(COC)cc2)CC1. The van der Waals surface area contributed by atoms with Crippen LogP contribution in [-0.2, 0) is 16.1 Å². The largest absolute Gasteiger partial charge is 0.380 e. The quantitative estimate of drug-likeness (QED) is 0.792. The average molecular weight is 351 g/mol. The van der Waals surface area contributed by atoms with Crippen LogP contribution in [0.1, 0.15) is 28.8 Å². The number of carbonyl (C=O) groups excluding carboxylic acids is 2. The van der Waals surface area contributed by atoms with Crippen LogP contribution in [0.5, 0.6) is 0 Å². The molecule has 130 valence electrons. The zero-order valence-corrected chi connectivity index (χ0v) is 14.7. The Balaban J connectivity index is 1.86. The molecule has 1 aromatic carbocycles. The van der Waals surface area contributed by atoms with Gasteiger partial charge in [0.05, 0.1) is 6.61 Å². The van der Waals surface area contributed by atoms with Crippen molar-refractivity contribution in [3.05, 3.63) is 47.0 Å². The second-order valence-electron chi connectivity index (χ2n) is 5.82. The molecule has 1 heterocycles. The van der Waals surface area contributed by atoms with Crippen molar-refractivity contribution in [2.24, 2.45) is 0 Å². The van der Waals surface area contributed by atoms with Crippen molar-refractivity contribution in [3.63, 3.8) is 0 Å². The summed E-state index contributed by atoms with van der Waals surface area (Å²) in [5.74, 6) is 0.0630. The number of nitrogens with zero attached hydrogens (tertiary/aromatic N) is 2. The minimum absolute atomic E-state index is 0.000187. The van der Waals surface area contributed by atoms with Crippen LogP contribution in [0.2, 0.25) is 0 Å². The minimum Gasteiger partial charge on any atom is -0.380 e. The fourth-order valence-corrected chi connectivity index (χ4v) is 2.75. The van der Waals surface area contributed by atoms with Crippen LogP contribution in [0.15, 0.2) is 35.9 Å². The molecule has 5 nitrogen and oxygen atoms in total. The zero-order chi connectivity index (χ0) is 17.5. The molecule has 1 aromatic rings. The Labute approximate surface area is 147 Å². The standard InChI is InChI=1S/C18H23ClN2O3/c1-14(19)3-8-17(22)20-9-11-21(12-10-20)18(23)16-6-4-15(5-7-16)13-24-2/h4-7H,1,3,8-13H2,2H3. The van der Waals surface area contributed by atoms with Crippen LogP contribution >= 0.6 is 11.6 Å². The van der Waals surface area contributed by atoms with E-state index in [-0.39, 0.29) is 11.8 Å². The Kier molecular flexibility index (Phi) is 6.82. The topological polar surface area (TPSA) is 49.9 Å². The number of piperazine rings is 1. The van der Waals surface area contributed by atoms with E-state index in [9.17, 15) is 9.59 Å². The van der Waals surface area contributed by atoms with Gasteiger partial charge in [-0.2, -0.15) is 0 Å². The van der Waals surface area contributed by atoms with E-state index in [0.29, 0.717) is 56.2 Å². The molecule has 0 radical (unpaired) electrons. The maximum atomic E-state index is 12.5. The summed E-state index contributed by atoms with van der Waals surface area (Å²) in [4.78, 5) is 28.2. The third-order valence-corrected chi connectivity index (χ3v) is 4.23. The molecule has 0 unspecified atom stereocenters. The van der Waals surface area contributed by atoms with E-state index >= 15 is 0 Å². The number of amides is 2. The highest BCUT2D eigenvalue weighted by Crippen LogP contribution is 2.13. The first-order valence-corrected chi connectivity index (χ1v) is 8.37. The highest BCUT2D eigenvalue weighted by molar-refractivity contribution is 6.29. The Morgan fingerprint density at radius 1 is 1.08 bits per heavy atom. The van der Waals surface area contributed by atoms with Crippen molar-refractivity contribution >= 4 is 23.4 Å². The van der Waals surface area contributed by atoms with Gasteiger partial charge in [0, 0.05) is 50.3 Å². The van der Waals surface area contributed by atoms with E-state index in [0.717, 1.165) is 5.56 Å². The number of ether oxygens (including phenoxy) is 1. The van der Waals surface area contributed by atoms with Gasteiger partial charge >= 0.3 is 0 Å². The van der Waals surface area contributed by atoms with Crippen molar-refractivity contribution in [1.29, 1.82) is 0 Å². The number of halogens is 1. The second kappa shape index (κ2) is 8.85. The minimum atomic E-state index is 0.000187. The van der Waals surface area contributed by atoms with Gasteiger partial charge in [0.25, 0.3) is 5.91 Å². The molecule has 1 aliphatic heterocycles. The molecular weight excluding hydrogens is 328 g/mol. The Morgan fingerprint density at radius 3 is 2.21 bits per heavy atom. The van der Waals surface area contributed by atoms with Gasteiger partial charge in [-0.3, -0.25) is 9.59 Å². The lowest BCUT2D eigenvalue weighted by atomic mass is 10.1. The van der Waals surface area contributed by atoms with Crippen molar-refractivity contribution in [2.45, 2.75) is 19.4 Å². The Hall–Kier alpha value is -1.85. The van der Waals surface area contributed by atoms with E-state index < -0.39 is 0 Å². The number of allylic oxidation sites excluding steroid dienone is 1. The molecule has 0 aromatic heterocycles. The van der Waals surface area contributed by atoms with Gasteiger partial charge in [-0.25, -0.2) is 0 Å². The lowest BCUT2D eigenvalue weighted by Crippen LogP contribution is -2.50. The molecule has 1 aliphatic rings. The van der Waals surface area contributed by atoms with Crippen LogP contribution in [-0.4, -0.2) is 54.9 Å². The summed E-state index contributed by atoms with van der Waals surface area (Å²) in [6.07, 6.45) is 0.866. The van der Waals surface area contributed by atoms with Gasteiger partial charge in [0.1, 0.15) is 0 Å². The van der Waals surface area contributed by atoms with Crippen LogP contribution in [0.4, 0.5) is 0 Å². The Morgan fingerprint density at radius 2 is 1.67 bits per heavy atom. The summed E-state index contributed by atoms with van der Waals surface area (Å²) in [6.45, 7) is 6.33. The van der Waals surface area contributed by atoms with Gasteiger partial charge < -0.3 is 14.5 Å². The van der Waals surface area contributed by atoms with Crippen LogP contribution in [0.3, 0.4) is 0 Å². The molecule has 0 aliphatic carbocycles. The lowest BCUT2D eigenvalue weighted by molar-refractivity contribution is -0.132. The van der Waals surface area contributed by atoms with Gasteiger partial charge in [-0.1, -0.05) is 30.3 Å². The third-order valence-electron chi connectivity index (χ3n) is 4.04. The molecule has 1 saturated heterocycles. The summed E-state index contributed by atoms with van der Waals surface area (Å²) in [7, 11) is 1.64. The van der Waals surface area contributed by atoms with E-state index in [4.69, 9.17) is 16.3 Å². The van der Waals surface area contributed by atoms with Crippen molar-refractivity contribution < 1.29 is 14.3 Å². The van der Waals surface area contributed by atoms with E-state index in [1.165, 1.54) is 0 Å². The van der Waals surface area contributed by atoms with Crippen molar-refractivity contribution in [2.75, 3.05) is 33.3 Å². The maximum absolute atomic E-state index is 12.5. The Bertz CT molecular complexity index is 593. The molecule has 24 heavy (non-hydrogen) atoms. The normalized spacial score (nSPS) is 14.6. The number of benzene rings is 1. The van der Waals surface area contributed by atoms with Crippen LogP contribution in [0.25, 0.3) is 0 Å². The summed E-state index contributed by atoms with van der Waals surface area (Å²) in [5, 5.41) is 0.495.